The summed E-state index contributed by atoms with van der Waals surface area (Å²) in [6.45, 7) is 1.91. The number of hydrogen-bond acceptors (Lipinski definition) is 3. The first-order valence-corrected chi connectivity index (χ1v) is 9.69. The highest BCUT2D eigenvalue weighted by Crippen LogP contribution is 2.23. The van der Waals surface area contributed by atoms with Crippen molar-refractivity contribution in [3.8, 4) is 0 Å². The highest BCUT2D eigenvalue weighted by molar-refractivity contribution is 7.92. The van der Waals surface area contributed by atoms with Gasteiger partial charge >= 0.3 is 0 Å². The minimum atomic E-state index is -4.37. The number of halogens is 2. The van der Waals surface area contributed by atoms with Crippen LogP contribution in [0.1, 0.15) is 15.9 Å². The van der Waals surface area contributed by atoms with Crippen molar-refractivity contribution in [2.45, 2.75) is 11.8 Å². The Morgan fingerprint density at radius 1 is 0.929 bits per heavy atom. The van der Waals surface area contributed by atoms with Crippen LogP contribution in [0.5, 0.6) is 0 Å². The summed E-state index contributed by atoms with van der Waals surface area (Å²) in [6, 6.07) is 15.1. The fraction of sp³-hybridized carbons (Fsp3) is 0.0500. The predicted octanol–water partition coefficient (Wildman–Crippen LogP) is 4.33. The molecule has 0 bridgehead atoms. The Labute approximate surface area is 161 Å². The average molecular weight is 402 g/mol. The Bertz CT molecular complexity index is 1130. The van der Waals surface area contributed by atoms with Crippen molar-refractivity contribution in [2.24, 2.45) is 0 Å². The Balaban J connectivity index is 1.89. The van der Waals surface area contributed by atoms with Gasteiger partial charge in [-0.15, -0.1) is 0 Å². The second-order valence-electron chi connectivity index (χ2n) is 6.05. The first-order chi connectivity index (χ1) is 13.3. The van der Waals surface area contributed by atoms with E-state index in [4.69, 9.17) is 0 Å². The van der Waals surface area contributed by atoms with Crippen LogP contribution in [-0.4, -0.2) is 14.3 Å². The van der Waals surface area contributed by atoms with Crippen LogP contribution >= 0.6 is 0 Å². The molecule has 0 aliphatic rings. The van der Waals surface area contributed by atoms with E-state index in [0.717, 1.165) is 17.7 Å². The topological polar surface area (TPSA) is 75.3 Å². The van der Waals surface area contributed by atoms with Gasteiger partial charge in [0, 0.05) is 11.8 Å². The summed E-state index contributed by atoms with van der Waals surface area (Å²) in [7, 11) is -4.37. The molecule has 0 fully saturated rings. The van der Waals surface area contributed by atoms with Crippen LogP contribution in [0.2, 0.25) is 0 Å². The molecule has 0 atom stereocenters. The minimum absolute atomic E-state index is 0.0316. The summed E-state index contributed by atoms with van der Waals surface area (Å²) in [5, 5.41) is 2.67. The zero-order valence-corrected chi connectivity index (χ0v) is 15.6. The number of aryl methyl sites for hydroxylation is 1. The van der Waals surface area contributed by atoms with Crippen LogP contribution in [-0.2, 0) is 10.0 Å². The third-order valence-electron chi connectivity index (χ3n) is 3.91. The average Bonchev–Trinajstić information content (AvgIpc) is 2.63. The molecule has 5 nitrogen and oxygen atoms in total. The van der Waals surface area contributed by atoms with Crippen molar-refractivity contribution in [1.82, 2.24) is 0 Å². The minimum Gasteiger partial charge on any atom is -0.322 e. The SMILES string of the molecule is Cc1ccc(NC(=O)c2ccccc2NS(=O)(=O)c2ccc(F)cc2F)cc1. The van der Waals surface area contributed by atoms with E-state index in [-0.39, 0.29) is 11.3 Å². The number of carbonyl (C=O) groups excluding carboxylic acids is 1. The standard InChI is InChI=1S/C20H16F2N2O3S/c1-13-6-9-15(10-7-13)23-20(25)16-4-2-3-5-18(16)24-28(26,27)19-11-8-14(21)12-17(19)22/h2-12,24H,1H3,(H,23,25). The molecule has 0 spiro atoms. The molecule has 0 saturated carbocycles. The predicted molar refractivity (Wildman–Crippen MR) is 103 cm³/mol. The van der Waals surface area contributed by atoms with Crippen LogP contribution in [0.3, 0.4) is 0 Å². The highest BCUT2D eigenvalue weighted by atomic mass is 32.2. The van der Waals surface area contributed by atoms with E-state index in [0.29, 0.717) is 11.8 Å². The van der Waals surface area contributed by atoms with Crippen molar-refractivity contribution in [2.75, 3.05) is 10.0 Å². The summed E-state index contributed by atoms with van der Waals surface area (Å²) >= 11 is 0. The van der Waals surface area contributed by atoms with Gasteiger partial charge in [-0.05, 0) is 43.3 Å². The maximum absolute atomic E-state index is 13.9. The van der Waals surface area contributed by atoms with E-state index < -0.39 is 32.5 Å². The zero-order chi connectivity index (χ0) is 20.3. The van der Waals surface area contributed by atoms with Crippen molar-refractivity contribution in [3.63, 3.8) is 0 Å². The zero-order valence-electron chi connectivity index (χ0n) is 14.7. The van der Waals surface area contributed by atoms with Gasteiger partial charge in [0.1, 0.15) is 16.5 Å². The molecule has 0 heterocycles. The summed E-state index contributed by atoms with van der Waals surface area (Å²) in [5.74, 6) is -2.66. The van der Waals surface area contributed by atoms with Gasteiger partial charge in [-0.2, -0.15) is 0 Å². The molecule has 0 radical (unpaired) electrons. The number of nitrogens with one attached hydrogen (secondary N) is 2. The second-order valence-corrected chi connectivity index (χ2v) is 7.70. The van der Waals surface area contributed by atoms with Crippen LogP contribution in [0.25, 0.3) is 0 Å². The van der Waals surface area contributed by atoms with Crippen LogP contribution in [0.4, 0.5) is 20.2 Å². The van der Waals surface area contributed by atoms with Gasteiger partial charge in [0.15, 0.2) is 0 Å². The van der Waals surface area contributed by atoms with Gasteiger partial charge in [0.05, 0.1) is 11.3 Å². The van der Waals surface area contributed by atoms with Crippen LogP contribution in [0, 0.1) is 18.6 Å². The number of para-hydroxylation sites is 1. The Hall–Kier alpha value is -3.26. The quantitative estimate of drug-likeness (QED) is 0.667. The summed E-state index contributed by atoms with van der Waals surface area (Å²) < 4.78 is 54.1. The normalized spacial score (nSPS) is 11.1. The maximum Gasteiger partial charge on any atom is 0.264 e. The molecule has 28 heavy (non-hydrogen) atoms. The second kappa shape index (κ2) is 7.77. The molecule has 0 aliphatic carbocycles. The van der Waals surface area contributed by atoms with Crippen molar-refractivity contribution in [3.05, 3.63) is 89.5 Å². The highest BCUT2D eigenvalue weighted by Gasteiger charge is 2.22. The van der Waals surface area contributed by atoms with Crippen LogP contribution in [0.15, 0.2) is 71.6 Å². The molecule has 1 amide bonds. The Morgan fingerprint density at radius 2 is 1.61 bits per heavy atom. The van der Waals surface area contributed by atoms with E-state index in [1.54, 1.807) is 18.2 Å². The van der Waals surface area contributed by atoms with Crippen molar-refractivity contribution in [1.29, 1.82) is 0 Å². The number of anilines is 2. The first-order valence-electron chi connectivity index (χ1n) is 8.21. The fourth-order valence-electron chi connectivity index (χ4n) is 2.50. The lowest BCUT2D eigenvalue weighted by Gasteiger charge is -2.13. The van der Waals surface area contributed by atoms with Gasteiger partial charge in [-0.25, -0.2) is 17.2 Å². The molecule has 3 aromatic rings. The van der Waals surface area contributed by atoms with E-state index in [1.807, 2.05) is 19.1 Å². The third-order valence-corrected chi connectivity index (χ3v) is 5.31. The molecular formula is C20H16F2N2O3S. The molecule has 0 unspecified atom stereocenters. The smallest absolute Gasteiger partial charge is 0.264 e. The molecule has 2 N–H and O–H groups in total. The fourth-order valence-corrected chi connectivity index (χ4v) is 3.64. The Morgan fingerprint density at radius 3 is 2.29 bits per heavy atom. The van der Waals surface area contributed by atoms with Crippen molar-refractivity contribution < 1.29 is 22.0 Å². The molecule has 3 rings (SSSR count). The lowest BCUT2D eigenvalue weighted by molar-refractivity contribution is 0.102. The van der Waals surface area contributed by atoms with Gasteiger partial charge < -0.3 is 5.32 Å². The van der Waals surface area contributed by atoms with E-state index in [9.17, 15) is 22.0 Å². The maximum atomic E-state index is 13.9. The largest absolute Gasteiger partial charge is 0.322 e. The molecular weight excluding hydrogens is 386 g/mol. The number of benzene rings is 3. The van der Waals surface area contributed by atoms with Crippen LogP contribution < -0.4 is 10.0 Å². The monoisotopic (exact) mass is 402 g/mol. The van der Waals surface area contributed by atoms with Gasteiger partial charge in [-0.3, -0.25) is 9.52 Å². The molecule has 0 aliphatic heterocycles. The number of rotatable bonds is 5. The lowest BCUT2D eigenvalue weighted by atomic mass is 10.1. The number of carbonyl (C=O) groups is 1. The third kappa shape index (κ3) is 4.34. The van der Waals surface area contributed by atoms with Crippen molar-refractivity contribution >= 4 is 27.3 Å². The first kappa shape index (κ1) is 19.5. The van der Waals surface area contributed by atoms with Gasteiger partial charge in [-0.1, -0.05) is 29.8 Å². The number of amides is 1. The van der Waals surface area contributed by atoms with E-state index in [1.165, 1.54) is 18.2 Å². The number of sulfonamides is 1. The number of hydrogen-bond donors (Lipinski definition) is 2. The van der Waals surface area contributed by atoms with Gasteiger partial charge in [0.2, 0.25) is 0 Å². The molecule has 0 aromatic heterocycles. The summed E-state index contributed by atoms with van der Waals surface area (Å²) in [5.41, 5.74) is 1.58. The van der Waals surface area contributed by atoms with E-state index >= 15 is 0 Å². The molecule has 144 valence electrons. The summed E-state index contributed by atoms with van der Waals surface area (Å²) in [4.78, 5) is 11.9. The molecule has 3 aromatic carbocycles. The van der Waals surface area contributed by atoms with Gasteiger partial charge in [0.25, 0.3) is 15.9 Å². The van der Waals surface area contributed by atoms with E-state index in [2.05, 4.69) is 10.0 Å². The Kier molecular flexibility index (Phi) is 5.41. The lowest BCUT2D eigenvalue weighted by Crippen LogP contribution is -2.19. The summed E-state index contributed by atoms with van der Waals surface area (Å²) in [6.07, 6.45) is 0. The molecule has 8 heteroatoms. The molecule has 0 saturated heterocycles.